The Kier molecular flexibility index (Phi) is 5.42. The number of hydrogen-bond acceptors (Lipinski definition) is 6. The Balaban J connectivity index is 1.61. The maximum atomic E-state index is 12.2. The van der Waals surface area contributed by atoms with Crippen molar-refractivity contribution in [2.24, 2.45) is 0 Å². The molecule has 0 bridgehead atoms. The Morgan fingerprint density at radius 3 is 2.96 bits per heavy atom. The molecule has 7 heteroatoms. The highest BCUT2D eigenvalue weighted by atomic mass is 32.1. The van der Waals surface area contributed by atoms with Gasteiger partial charge in [-0.2, -0.15) is 0 Å². The van der Waals surface area contributed by atoms with Gasteiger partial charge in [-0.3, -0.25) is 4.79 Å². The fraction of sp³-hybridized carbons (Fsp3) is 0.471. The standard InChI is InChI=1S/C17H20N2O4S/c1-22-11-16(21)23-10-15(20)19-8-4-5-12(9-19)17-18-13-6-2-3-7-14(13)24-17/h2-3,6-7,12H,4-5,8-11H2,1H3/t12-/m1/s1. The third-order valence-electron chi connectivity index (χ3n) is 4.05. The highest BCUT2D eigenvalue weighted by Gasteiger charge is 2.27. The number of carbonyl (C=O) groups excluding carboxylic acids is 2. The number of methoxy groups -OCH3 is 1. The molecule has 1 fully saturated rings. The van der Waals surface area contributed by atoms with Crippen LogP contribution in [0.2, 0.25) is 0 Å². The summed E-state index contributed by atoms with van der Waals surface area (Å²) in [5.74, 6) is -0.439. The van der Waals surface area contributed by atoms with E-state index in [1.54, 1.807) is 16.2 Å². The quantitative estimate of drug-likeness (QED) is 0.775. The first-order valence-electron chi connectivity index (χ1n) is 7.95. The number of carbonyl (C=O) groups is 2. The molecule has 1 saturated heterocycles. The van der Waals surface area contributed by atoms with Crippen LogP contribution < -0.4 is 0 Å². The van der Waals surface area contributed by atoms with Crippen LogP contribution in [-0.4, -0.2) is 55.2 Å². The van der Waals surface area contributed by atoms with E-state index in [0.717, 1.165) is 23.4 Å². The summed E-state index contributed by atoms with van der Waals surface area (Å²) in [6.45, 7) is 0.957. The van der Waals surface area contributed by atoms with E-state index < -0.39 is 5.97 Å². The summed E-state index contributed by atoms with van der Waals surface area (Å²) < 4.78 is 10.8. The van der Waals surface area contributed by atoms with Gasteiger partial charge in [-0.1, -0.05) is 12.1 Å². The normalized spacial score (nSPS) is 17.9. The van der Waals surface area contributed by atoms with Crippen LogP contribution in [0.3, 0.4) is 0 Å². The summed E-state index contributed by atoms with van der Waals surface area (Å²) in [5.41, 5.74) is 1.01. The van der Waals surface area contributed by atoms with E-state index in [4.69, 9.17) is 9.72 Å². The zero-order valence-corrected chi connectivity index (χ0v) is 14.4. The second-order valence-electron chi connectivity index (χ2n) is 5.79. The van der Waals surface area contributed by atoms with E-state index in [2.05, 4.69) is 10.8 Å². The van der Waals surface area contributed by atoms with Crippen molar-refractivity contribution in [2.45, 2.75) is 18.8 Å². The Labute approximate surface area is 144 Å². The molecule has 1 aliphatic rings. The molecule has 24 heavy (non-hydrogen) atoms. The summed E-state index contributed by atoms with van der Waals surface area (Å²) in [7, 11) is 1.41. The molecule has 0 N–H and O–H groups in total. The van der Waals surface area contributed by atoms with Crippen molar-refractivity contribution < 1.29 is 19.1 Å². The van der Waals surface area contributed by atoms with Crippen LogP contribution in [0, 0.1) is 0 Å². The fourth-order valence-electron chi connectivity index (χ4n) is 2.86. The van der Waals surface area contributed by atoms with Crippen LogP contribution >= 0.6 is 11.3 Å². The number of hydrogen-bond donors (Lipinski definition) is 0. The minimum absolute atomic E-state index is 0.137. The number of para-hydroxylation sites is 1. The lowest BCUT2D eigenvalue weighted by Gasteiger charge is -2.31. The second-order valence-corrected chi connectivity index (χ2v) is 6.85. The van der Waals surface area contributed by atoms with Crippen LogP contribution in [-0.2, 0) is 19.1 Å². The van der Waals surface area contributed by atoms with E-state index in [9.17, 15) is 9.59 Å². The molecule has 1 aromatic heterocycles. The maximum Gasteiger partial charge on any atom is 0.332 e. The van der Waals surface area contributed by atoms with Crippen molar-refractivity contribution in [1.29, 1.82) is 0 Å². The molecule has 0 radical (unpaired) electrons. The number of fused-ring (bicyclic) bond motifs is 1. The van der Waals surface area contributed by atoms with E-state index >= 15 is 0 Å². The average molecular weight is 348 g/mol. The van der Waals surface area contributed by atoms with Gasteiger partial charge >= 0.3 is 5.97 Å². The van der Waals surface area contributed by atoms with E-state index in [0.29, 0.717) is 13.1 Å². The number of amides is 1. The lowest BCUT2D eigenvalue weighted by molar-refractivity contribution is -0.155. The predicted molar refractivity (Wildman–Crippen MR) is 91.0 cm³/mol. The van der Waals surface area contributed by atoms with Gasteiger partial charge in [-0.05, 0) is 25.0 Å². The number of nitrogens with zero attached hydrogens (tertiary/aromatic N) is 2. The van der Waals surface area contributed by atoms with Gasteiger partial charge in [-0.25, -0.2) is 9.78 Å². The zero-order chi connectivity index (χ0) is 16.9. The van der Waals surface area contributed by atoms with Gasteiger partial charge in [0.2, 0.25) is 0 Å². The van der Waals surface area contributed by atoms with Gasteiger partial charge in [0.25, 0.3) is 5.91 Å². The average Bonchev–Trinajstić information content (AvgIpc) is 3.04. The van der Waals surface area contributed by atoms with Crippen molar-refractivity contribution in [3.63, 3.8) is 0 Å². The number of rotatable bonds is 5. The molecule has 3 rings (SSSR count). The van der Waals surface area contributed by atoms with Crippen LogP contribution in [0.25, 0.3) is 10.2 Å². The van der Waals surface area contributed by atoms with Gasteiger partial charge in [0.1, 0.15) is 6.61 Å². The van der Waals surface area contributed by atoms with Crippen molar-refractivity contribution in [2.75, 3.05) is 33.4 Å². The number of esters is 1. The largest absolute Gasteiger partial charge is 0.454 e. The maximum absolute atomic E-state index is 12.2. The summed E-state index contributed by atoms with van der Waals surface area (Å²) in [6, 6.07) is 8.07. The second kappa shape index (κ2) is 7.72. The molecule has 1 aliphatic heterocycles. The van der Waals surface area contributed by atoms with Crippen molar-refractivity contribution in [3.05, 3.63) is 29.3 Å². The lowest BCUT2D eigenvalue weighted by Crippen LogP contribution is -2.41. The molecule has 2 aromatic rings. The molecule has 0 spiro atoms. The molecule has 1 amide bonds. The topological polar surface area (TPSA) is 68.7 Å². The molecule has 0 unspecified atom stereocenters. The minimum Gasteiger partial charge on any atom is -0.454 e. The third-order valence-corrected chi connectivity index (χ3v) is 5.25. The Bertz CT molecular complexity index is 697. The third kappa shape index (κ3) is 3.91. The van der Waals surface area contributed by atoms with Crippen LogP contribution in [0.15, 0.2) is 24.3 Å². The Morgan fingerprint density at radius 2 is 2.17 bits per heavy atom. The first-order valence-corrected chi connectivity index (χ1v) is 8.77. The Morgan fingerprint density at radius 1 is 1.33 bits per heavy atom. The van der Waals surface area contributed by atoms with E-state index in [1.165, 1.54) is 11.8 Å². The molecular formula is C17H20N2O4S. The van der Waals surface area contributed by atoms with Crippen molar-refractivity contribution in [3.8, 4) is 0 Å². The van der Waals surface area contributed by atoms with Gasteiger partial charge in [0, 0.05) is 26.1 Å². The van der Waals surface area contributed by atoms with Gasteiger partial charge in [-0.15, -0.1) is 11.3 Å². The molecule has 1 atom stereocenters. The van der Waals surface area contributed by atoms with E-state index in [-0.39, 0.29) is 25.0 Å². The Hall–Kier alpha value is -1.99. The SMILES string of the molecule is COCC(=O)OCC(=O)N1CCC[C@@H](c2nc3ccccc3s2)C1. The molecule has 1 aromatic carbocycles. The highest BCUT2D eigenvalue weighted by molar-refractivity contribution is 7.18. The van der Waals surface area contributed by atoms with Crippen molar-refractivity contribution in [1.82, 2.24) is 9.88 Å². The van der Waals surface area contributed by atoms with Crippen LogP contribution in [0.1, 0.15) is 23.8 Å². The van der Waals surface area contributed by atoms with Crippen LogP contribution in [0.4, 0.5) is 0 Å². The number of thiazole rings is 1. The van der Waals surface area contributed by atoms with Crippen LogP contribution in [0.5, 0.6) is 0 Å². The molecule has 128 valence electrons. The van der Waals surface area contributed by atoms with Crippen molar-refractivity contribution >= 4 is 33.4 Å². The summed E-state index contributed by atoms with van der Waals surface area (Å²) >= 11 is 1.69. The van der Waals surface area contributed by atoms with Gasteiger partial charge in [0.05, 0.1) is 15.2 Å². The molecule has 6 nitrogen and oxygen atoms in total. The summed E-state index contributed by atoms with van der Waals surface area (Å²) in [6.07, 6.45) is 1.95. The number of piperidine rings is 1. The molecule has 0 saturated carbocycles. The minimum atomic E-state index is -0.523. The van der Waals surface area contributed by atoms with E-state index in [1.807, 2.05) is 18.2 Å². The number of benzene rings is 1. The number of ether oxygens (including phenoxy) is 2. The van der Waals surface area contributed by atoms with Gasteiger partial charge in [0.15, 0.2) is 6.61 Å². The molecule has 0 aliphatic carbocycles. The lowest BCUT2D eigenvalue weighted by atomic mass is 9.99. The fourth-order valence-corrected chi connectivity index (χ4v) is 3.96. The highest BCUT2D eigenvalue weighted by Crippen LogP contribution is 2.32. The summed E-state index contributed by atoms with van der Waals surface area (Å²) in [4.78, 5) is 30.0. The monoisotopic (exact) mass is 348 g/mol. The van der Waals surface area contributed by atoms with Gasteiger partial charge < -0.3 is 14.4 Å². The number of aromatic nitrogens is 1. The molecular weight excluding hydrogens is 328 g/mol. The zero-order valence-electron chi connectivity index (χ0n) is 13.6. The molecule has 2 heterocycles. The number of likely N-dealkylation sites (tertiary alicyclic amines) is 1. The first kappa shape index (κ1) is 16.9. The first-order chi connectivity index (χ1) is 11.7. The summed E-state index contributed by atoms with van der Waals surface area (Å²) in [5, 5.41) is 1.07. The smallest absolute Gasteiger partial charge is 0.332 e. The predicted octanol–water partition coefficient (Wildman–Crippen LogP) is 2.19.